The van der Waals surface area contributed by atoms with Gasteiger partial charge in [0.2, 0.25) is 0 Å². The van der Waals surface area contributed by atoms with E-state index in [0.717, 1.165) is 17.8 Å². The van der Waals surface area contributed by atoms with Gasteiger partial charge in [0, 0.05) is 5.75 Å². The fourth-order valence-electron chi connectivity index (χ4n) is 0.722. The molecule has 0 amide bonds. The van der Waals surface area contributed by atoms with Crippen molar-refractivity contribution in [2.75, 3.05) is 17.3 Å². The van der Waals surface area contributed by atoms with E-state index in [4.69, 9.17) is 0 Å². The van der Waals surface area contributed by atoms with Gasteiger partial charge in [0.25, 0.3) is 0 Å². The van der Waals surface area contributed by atoms with Gasteiger partial charge in [-0.15, -0.1) is 0 Å². The van der Waals surface area contributed by atoms with Gasteiger partial charge in [0.15, 0.2) is 0 Å². The van der Waals surface area contributed by atoms with E-state index in [9.17, 15) is 4.79 Å². The largest absolute Gasteiger partial charge is 0.302 e. The first kappa shape index (κ1) is 7.48. The second-order valence-corrected chi connectivity index (χ2v) is 4.47. The number of hydrogen-bond donors (Lipinski definition) is 0. The van der Waals surface area contributed by atoms with Crippen LogP contribution in [0.2, 0.25) is 0 Å². The van der Waals surface area contributed by atoms with E-state index in [-0.39, 0.29) is 5.25 Å². The molecule has 9 heavy (non-hydrogen) atoms. The Kier molecular flexibility index (Phi) is 3.51. The van der Waals surface area contributed by atoms with Crippen molar-refractivity contribution in [1.29, 1.82) is 0 Å². The van der Waals surface area contributed by atoms with Crippen LogP contribution in [0.25, 0.3) is 0 Å². The van der Waals surface area contributed by atoms with Gasteiger partial charge in [-0.2, -0.15) is 23.5 Å². The molecule has 0 bridgehead atoms. The Morgan fingerprint density at radius 3 is 3.11 bits per heavy atom. The minimum Gasteiger partial charge on any atom is -0.302 e. The highest BCUT2D eigenvalue weighted by Gasteiger charge is 2.10. The summed E-state index contributed by atoms with van der Waals surface area (Å²) < 4.78 is 0. The molecule has 0 aromatic heterocycles. The summed E-state index contributed by atoms with van der Waals surface area (Å²) in [5.74, 6) is 3.42. The van der Waals surface area contributed by atoms with Crippen LogP contribution in [0.5, 0.6) is 0 Å². The second-order valence-electron chi connectivity index (χ2n) is 1.97. The molecule has 52 valence electrons. The molecule has 0 N–H and O–H groups in total. The summed E-state index contributed by atoms with van der Waals surface area (Å²) in [6, 6.07) is 0. The van der Waals surface area contributed by atoms with Crippen LogP contribution in [0.3, 0.4) is 0 Å². The molecule has 0 radical (unpaired) electrons. The lowest BCUT2D eigenvalue weighted by atomic mass is 10.5. The number of thioether (sulfide) groups is 2. The van der Waals surface area contributed by atoms with Gasteiger partial charge in [0.1, 0.15) is 6.29 Å². The van der Waals surface area contributed by atoms with Crippen LogP contribution < -0.4 is 0 Å². The maximum Gasteiger partial charge on any atom is 0.133 e. The minimum absolute atomic E-state index is 0.275. The van der Waals surface area contributed by atoms with Crippen molar-refractivity contribution in [3.8, 4) is 0 Å². The first-order valence-corrected chi connectivity index (χ1v) is 5.28. The Bertz CT molecular complexity index is 87.1. The fourth-order valence-corrected chi connectivity index (χ4v) is 3.10. The predicted molar refractivity (Wildman–Crippen MR) is 44.3 cm³/mol. The highest BCUT2D eigenvalue weighted by molar-refractivity contribution is 8.04. The molecular formula is C6H10OS2. The summed E-state index contributed by atoms with van der Waals surface area (Å²) in [7, 11) is 0. The zero-order valence-electron chi connectivity index (χ0n) is 5.21. The third-order valence-electron chi connectivity index (χ3n) is 1.20. The maximum absolute atomic E-state index is 10.3. The lowest BCUT2D eigenvalue weighted by Gasteiger charge is -2.01. The van der Waals surface area contributed by atoms with Crippen LogP contribution in [0.15, 0.2) is 0 Å². The quantitative estimate of drug-likeness (QED) is 0.543. The molecule has 1 atom stereocenters. The Hall–Kier alpha value is 0.370. The molecule has 0 spiro atoms. The number of carbonyl (C=O) groups excluding carboxylic acids is 1. The lowest BCUT2D eigenvalue weighted by molar-refractivity contribution is -0.107. The third-order valence-corrected chi connectivity index (χ3v) is 3.81. The van der Waals surface area contributed by atoms with Crippen molar-refractivity contribution in [1.82, 2.24) is 0 Å². The summed E-state index contributed by atoms with van der Waals surface area (Å²) in [5, 5.41) is 0.275. The van der Waals surface area contributed by atoms with Gasteiger partial charge in [0.05, 0.1) is 5.25 Å². The molecule has 0 aromatic carbocycles. The van der Waals surface area contributed by atoms with Gasteiger partial charge in [-0.25, -0.2) is 0 Å². The van der Waals surface area contributed by atoms with Gasteiger partial charge >= 0.3 is 0 Å². The van der Waals surface area contributed by atoms with Crippen molar-refractivity contribution in [3.05, 3.63) is 0 Å². The Morgan fingerprint density at radius 2 is 2.33 bits per heavy atom. The number of carbonyl (C=O) groups is 1. The molecule has 1 unspecified atom stereocenters. The highest BCUT2D eigenvalue weighted by atomic mass is 32.2. The monoisotopic (exact) mass is 162 g/mol. The number of aldehydes is 1. The summed E-state index contributed by atoms with van der Waals surface area (Å²) in [4.78, 5) is 10.3. The first-order valence-electron chi connectivity index (χ1n) is 3.08. The van der Waals surface area contributed by atoms with Crippen LogP contribution >= 0.6 is 23.5 Å². The summed E-state index contributed by atoms with van der Waals surface area (Å²) >= 11 is 3.69. The fraction of sp³-hybridized carbons (Fsp3) is 0.833. The van der Waals surface area contributed by atoms with E-state index in [2.05, 4.69) is 0 Å². The molecule has 0 saturated carbocycles. The Balaban J connectivity index is 2.26. The molecule has 1 aliphatic heterocycles. The van der Waals surface area contributed by atoms with Crippen molar-refractivity contribution < 1.29 is 4.79 Å². The molecule has 3 heteroatoms. The van der Waals surface area contributed by atoms with E-state index in [1.165, 1.54) is 12.2 Å². The zero-order valence-corrected chi connectivity index (χ0v) is 6.84. The summed E-state index contributed by atoms with van der Waals surface area (Å²) in [5.41, 5.74) is 0. The SMILES string of the molecule is O=CC1CSCCCS1. The lowest BCUT2D eigenvalue weighted by Crippen LogP contribution is -2.05. The minimum atomic E-state index is 0.275. The molecule has 0 aliphatic carbocycles. The average Bonchev–Trinajstić information content (AvgIpc) is 2.13. The number of rotatable bonds is 1. The summed E-state index contributed by atoms with van der Waals surface area (Å²) in [6.07, 6.45) is 2.34. The van der Waals surface area contributed by atoms with E-state index >= 15 is 0 Å². The van der Waals surface area contributed by atoms with Crippen molar-refractivity contribution in [2.45, 2.75) is 11.7 Å². The first-order chi connectivity index (χ1) is 4.43. The predicted octanol–water partition coefficient (Wildman–Crippen LogP) is 1.42. The summed E-state index contributed by atoms with van der Waals surface area (Å²) in [6.45, 7) is 0. The molecule has 1 rings (SSSR count). The van der Waals surface area contributed by atoms with Crippen LogP contribution in [-0.4, -0.2) is 28.8 Å². The molecule has 1 heterocycles. The molecule has 1 aliphatic rings. The molecule has 1 nitrogen and oxygen atoms in total. The molecule has 1 saturated heterocycles. The van der Waals surface area contributed by atoms with Crippen LogP contribution in [-0.2, 0) is 4.79 Å². The van der Waals surface area contributed by atoms with Crippen LogP contribution in [0.4, 0.5) is 0 Å². The highest BCUT2D eigenvalue weighted by Crippen LogP contribution is 2.21. The standard InChI is InChI=1S/C6H10OS2/c7-4-6-5-8-2-1-3-9-6/h4,6H,1-3,5H2. The zero-order chi connectivity index (χ0) is 6.53. The Morgan fingerprint density at radius 1 is 1.44 bits per heavy atom. The smallest absolute Gasteiger partial charge is 0.133 e. The maximum atomic E-state index is 10.3. The normalized spacial score (nSPS) is 29.1. The average molecular weight is 162 g/mol. The topological polar surface area (TPSA) is 17.1 Å². The van der Waals surface area contributed by atoms with E-state index in [1.807, 2.05) is 11.8 Å². The van der Waals surface area contributed by atoms with Crippen LogP contribution in [0, 0.1) is 0 Å². The third kappa shape index (κ3) is 2.63. The van der Waals surface area contributed by atoms with Gasteiger partial charge in [-0.05, 0) is 17.9 Å². The van der Waals surface area contributed by atoms with Gasteiger partial charge < -0.3 is 4.79 Å². The second kappa shape index (κ2) is 4.23. The van der Waals surface area contributed by atoms with E-state index in [0.29, 0.717) is 0 Å². The molecule has 1 fully saturated rings. The van der Waals surface area contributed by atoms with Crippen molar-refractivity contribution in [3.63, 3.8) is 0 Å². The van der Waals surface area contributed by atoms with Crippen LogP contribution in [0.1, 0.15) is 6.42 Å². The van der Waals surface area contributed by atoms with Crippen molar-refractivity contribution >= 4 is 29.8 Å². The Labute approximate surface area is 64.0 Å². The van der Waals surface area contributed by atoms with Gasteiger partial charge in [-0.1, -0.05) is 0 Å². The molecular weight excluding hydrogens is 152 g/mol. The van der Waals surface area contributed by atoms with Gasteiger partial charge in [-0.3, -0.25) is 0 Å². The van der Waals surface area contributed by atoms with E-state index < -0.39 is 0 Å². The van der Waals surface area contributed by atoms with Crippen molar-refractivity contribution in [2.24, 2.45) is 0 Å². The number of hydrogen-bond acceptors (Lipinski definition) is 3. The molecule has 0 aromatic rings. The van der Waals surface area contributed by atoms with E-state index in [1.54, 1.807) is 11.8 Å².